The summed E-state index contributed by atoms with van der Waals surface area (Å²) < 4.78 is 28.8. The Morgan fingerprint density at radius 1 is 1.11 bits per heavy atom. The highest BCUT2D eigenvalue weighted by Crippen LogP contribution is 2.38. The van der Waals surface area contributed by atoms with E-state index in [1.165, 1.54) is 7.11 Å². The van der Waals surface area contributed by atoms with Crippen molar-refractivity contribution in [2.24, 2.45) is 0 Å². The Bertz CT molecular complexity index is 904. The Labute approximate surface area is 220 Å². The number of hydrogen-bond donors (Lipinski definition) is 2. The van der Waals surface area contributed by atoms with E-state index in [1.807, 2.05) is 40.7 Å². The van der Waals surface area contributed by atoms with Crippen LogP contribution in [0.2, 0.25) is 5.02 Å². The molecule has 0 aliphatic carbocycles. The van der Waals surface area contributed by atoms with Gasteiger partial charge in [-0.3, -0.25) is 4.79 Å². The van der Waals surface area contributed by atoms with Crippen LogP contribution in [0.5, 0.6) is 5.75 Å². The Hall–Kier alpha value is -2.01. The number of alkyl carbamates (subject to hydrolysis) is 1. The number of carbonyl (C=O) groups excluding carboxylic acids is 2. The smallest absolute Gasteiger partial charge is 0.481 e. The molecule has 11 heteroatoms. The first-order valence-corrected chi connectivity index (χ1v) is 12.5. The van der Waals surface area contributed by atoms with Crippen LogP contribution >= 0.6 is 11.6 Å². The summed E-state index contributed by atoms with van der Waals surface area (Å²) >= 11 is 6.04. The minimum absolute atomic E-state index is 0.0400. The van der Waals surface area contributed by atoms with Crippen molar-refractivity contribution in [3.05, 3.63) is 28.8 Å². The third-order valence-electron chi connectivity index (χ3n) is 6.09. The Morgan fingerprint density at radius 3 is 2.25 bits per heavy atom. The highest BCUT2D eigenvalue weighted by Gasteiger charge is 2.54. The summed E-state index contributed by atoms with van der Waals surface area (Å²) in [4.78, 5) is 25.5. The second-order valence-electron chi connectivity index (χ2n) is 10.9. The van der Waals surface area contributed by atoms with Crippen LogP contribution in [-0.2, 0) is 23.6 Å². The van der Waals surface area contributed by atoms with E-state index in [0.29, 0.717) is 17.2 Å². The predicted octanol–water partition coefficient (Wildman–Crippen LogP) is 4.07. The van der Waals surface area contributed by atoms with Crippen molar-refractivity contribution in [1.82, 2.24) is 10.6 Å². The second kappa shape index (κ2) is 12.0. The van der Waals surface area contributed by atoms with Gasteiger partial charge < -0.3 is 34.2 Å². The number of ether oxygens (including phenoxy) is 3. The normalized spacial score (nSPS) is 18.3. The van der Waals surface area contributed by atoms with Crippen molar-refractivity contribution in [3.63, 3.8) is 0 Å². The van der Waals surface area contributed by atoms with Gasteiger partial charge >= 0.3 is 13.2 Å². The van der Waals surface area contributed by atoms with Crippen LogP contribution in [0.1, 0.15) is 60.5 Å². The summed E-state index contributed by atoms with van der Waals surface area (Å²) in [7, 11) is 0.726. The molecule has 1 heterocycles. The number of halogens is 1. The summed E-state index contributed by atoms with van der Waals surface area (Å²) in [6.45, 7) is 15.2. The molecule has 1 saturated heterocycles. The zero-order valence-corrected chi connectivity index (χ0v) is 23.6. The van der Waals surface area contributed by atoms with Crippen LogP contribution in [-0.4, -0.2) is 68.2 Å². The van der Waals surface area contributed by atoms with Gasteiger partial charge in [0.15, 0.2) is 0 Å². The predicted molar refractivity (Wildman–Crippen MR) is 139 cm³/mol. The van der Waals surface area contributed by atoms with Crippen LogP contribution in [0.3, 0.4) is 0 Å². The van der Waals surface area contributed by atoms with E-state index in [2.05, 4.69) is 10.6 Å². The third-order valence-corrected chi connectivity index (χ3v) is 6.33. The first-order chi connectivity index (χ1) is 16.5. The molecule has 1 aliphatic heterocycles. The van der Waals surface area contributed by atoms with Crippen molar-refractivity contribution in [2.45, 2.75) is 90.6 Å². The first kappa shape index (κ1) is 30.2. The Balaban J connectivity index is 2.15. The van der Waals surface area contributed by atoms with E-state index in [9.17, 15) is 9.59 Å². The lowest BCUT2D eigenvalue weighted by Crippen LogP contribution is -2.56. The lowest BCUT2D eigenvalue weighted by Gasteiger charge is -2.32. The molecule has 202 valence electrons. The maximum atomic E-state index is 13.2. The molecule has 36 heavy (non-hydrogen) atoms. The maximum absolute atomic E-state index is 13.2. The molecule has 2 amide bonds. The molecular formula is C25H40BClN2O7. The molecule has 0 saturated carbocycles. The summed E-state index contributed by atoms with van der Waals surface area (Å²) in [5.41, 5.74) is -0.981. The molecule has 0 aromatic heterocycles. The summed E-state index contributed by atoms with van der Waals surface area (Å²) in [6, 6.07) is 4.41. The van der Waals surface area contributed by atoms with Gasteiger partial charge in [-0.25, -0.2) is 4.79 Å². The van der Waals surface area contributed by atoms with Crippen LogP contribution in [0, 0.1) is 6.92 Å². The van der Waals surface area contributed by atoms with Crippen LogP contribution in [0.4, 0.5) is 4.79 Å². The molecule has 0 radical (unpaired) electrons. The van der Waals surface area contributed by atoms with Crippen molar-refractivity contribution in [3.8, 4) is 5.75 Å². The molecule has 2 N–H and O–H groups in total. The van der Waals surface area contributed by atoms with E-state index in [-0.39, 0.29) is 13.2 Å². The molecule has 0 unspecified atom stereocenters. The van der Waals surface area contributed by atoms with Crippen LogP contribution < -0.4 is 15.4 Å². The minimum atomic E-state index is -0.978. The van der Waals surface area contributed by atoms with E-state index < -0.39 is 47.9 Å². The molecule has 2 atom stereocenters. The topological polar surface area (TPSA) is 104 Å². The van der Waals surface area contributed by atoms with Crippen LogP contribution in [0.25, 0.3) is 0 Å². The van der Waals surface area contributed by atoms with Crippen molar-refractivity contribution in [1.29, 1.82) is 0 Å². The van der Waals surface area contributed by atoms with Gasteiger partial charge in [-0.15, -0.1) is 0 Å². The number of rotatable bonds is 10. The third kappa shape index (κ3) is 8.54. The second-order valence-corrected chi connectivity index (χ2v) is 11.4. The first-order valence-electron chi connectivity index (χ1n) is 12.1. The fraction of sp³-hybridized carbons (Fsp3) is 0.680. The summed E-state index contributed by atoms with van der Waals surface area (Å²) in [6.07, 6.45) is -0.329. The number of benzene rings is 1. The van der Waals surface area contributed by atoms with Gasteiger partial charge in [0.05, 0.1) is 30.4 Å². The number of hydrogen-bond acceptors (Lipinski definition) is 7. The van der Waals surface area contributed by atoms with E-state index in [1.54, 1.807) is 32.9 Å². The molecule has 1 aliphatic rings. The van der Waals surface area contributed by atoms with E-state index in [4.69, 9.17) is 35.1 Å². The van der Waals surface area contributed by atoms with Gasteiger partial charge in [0.2, 0.25) is 5.91 Å². The summed E-state index contributed by atoms with van der Waals surface area (Å²) in [5.74, 6) is -0.321. The largest absolute Gasteiger partial charge is 0.493 e. The quantitative estimate of drug-likeness (QED) is 0.443. The van der Waals surface area contributed by atoms with Crippen LogP contribution in [0.15, 0.2) is 18.2 Å². The standard InChI is InChI=1S/C25H40BClN2O7/c1-16-14-17(27)10-11-19(16)33-13-12-20(26-35-24(5,6)25(7,8)36-26)29-21(30)18(15-32-9)28-22(31)34-23(2,3)4/h10-11,14,18,20H,12-13,15H2,1-9H3,(H,28,31)(H,29,30)/t18-,20+/m1/s1. The Kier molecular flexibility index (Phi) is 10.1. The van der Waals surface area contributed by atoms with Gasteiger partial charge in [-0.05, 0) is 79.2 Å². The van der Waals surface area contributed by atoms with Gasteiger partial charge in [-0.1, -0.05) is 11.6 Å². The SMILES string of the molecule is COC[C@@H](NC(=O)OC(C)(C)C)C(=O)N[C@@H](CCOc1ccc(Cl)cc1C)B1OC(C)(C)C(C)(C)O1. The number of carbonyl (C=O) groups is 2. The maximum Gasteiger partial charge on any atom is 0.481 e. The van der Waals surface area contributed by atoms with Crippen molar-refractivity contribution in [2.75, 3.05) is 20.3 Å². The monoisotopic (exact) mass is 526 g/mol. The zero-order valence-electron chi connectivity index (χ0n) is 22.8. The average molecular weight is 527 g/mol. The molecular weight excluding hydrogens is 487 g/mol. The molecule has 1 aromatic rings. The lowest BCUT2D eigenvalue weighted by molar-refractivity contribution is -0.125. The summed E-state index contributed by atoms with van der Waals surface area (Å²) in [5, 5.41) is 6.16. The van der Waals surface area contributed by atoms with E-state index >= 15 is 0 Å². The minimum Gasteiger partial charge on any atom is -0.493 e. The molecule has 1 fully saturated rings. The number of nitrogens with one attached hydrogen (secondary N) is 2. The lowest BCUT2D eigenvalue weighted by atomic mass is 9.76. The molecule has 2 rings (SSSR count). The van der Waals surface area contributed by atoms with Crippen molar-refractivity contribution < 1.29 is 33.1 Å². The highest BCUT2D eigenvalue weighted by molar-refractivity contribution is 6.48. The van der Waals surface area contributed by atoms with Gasteiger partial charge in [-0.2, -0.15) is 0 Å². The molecule has 0 bridgehead atoms. The fourth-order valence-corrected chi connectivity index (χ4v) is 3.71. The van der Waals surface area contributed by atoms with Gasteiger partial charge in [0.1, 0.15) is 17.4 Å². The highest BCUT2D eigenvalue weighted by atomic mass is 35.5. The van der Waals surface area contributed by atoms with Gasteiger partial charge in [0.25, 0.3) is 0 Å². The molecule has 9 nitrogen and oxygen atoms in total. The number of amides is 2. The zero-order chi connectivity index (χ0) is 27.3. The fourth-order valence-electron chi connectivity index (χ4n) is 3.48. The molecule has 0 spiro atoms. The molecule has 1 aromatic carbocycles. The number of aryl methyl sites for hydroxylation is 1. The van der Waals surface area contributed by atoms with Gasteiger partial charge in [0, 0.05) is 18.6 Å². The van der Waals surface area contributed by atoms with E-state index in [0.717, 1.165) is 5.56 Å². The number of methoxy groups -OCH3 is 1. The van der Waals surface area contributed by atoms with Crippen molar-refractivity contribution >= 4 is 30.7 Å². The average Bonchev–Trinajstić information content (AvgIpc) is 2.94. The Morgan fingerprint density at radius 2 is 1.72 bits per heavy atom.